The molecule has 1 N–H and O–H groups in total. The van der Waals surface area contributed by atoms with Crippen LogP contribution in [-0.2, 0) is 0 Å². The molecule has 2 rings (SSSR count). The maximum absolute atomic E-state index is 9.25. The van der Waals surface area contributed by atoms with Crippen molar-refractivity contribution in [1.29, 1.82) is 5.26 Å². The summed E-state index contributed by atoms with van der Waals surface area (Å²) < 4.78 is 0.821. The molecule has 0 saturated carbocycles. The fourth-order valence-corrected chi connectivity index (χ4v) is 2.35. The van der Waals surface area contributed by atoms with Crippen molar-refractivity contribution in [2.75, 3.05) is 11.9 Å². The average Bonchev–Trinajstić information content (AvgIpc) is 2.45. The van der Waals surface area contributed by atoms with Gasteiger partial charge in [-0.3, -0.25) is 0 Å². The van der Waals surface area contributed by atoms with Crippen molar-refractivity contribution >= 4 is 33.2 Å². The fraction of sp³-hybridized carbons (Fsp3) is 0.133. The summed E-state index contributed by atoms with van der Waals surface area (Å²) in [5.74, 6) is -0.188. The van der Waals surface area contributed by atoms with E-state index < -0.39 is 0 Å². The Labute approximate surface area is 126 Å². The molecule has 4 heteroatoms. The van der Waals surface area contributed by atoms with E-state index in [0.29, 0.717) is 11.6 Å². The first-order valence-electron chi connectivity index (χ1n) is 5.85. The van der Waals surface area contributed by atoms with Crippen molar-refractivity contribution in [3.8, 4) is 6.07 Å². The van der Waals surface area contributed by atoms with Crippen LogP contribution in [0.5, 0.6) is 0 Å². The Balaban J connectivity index is 2.09. The van der Waals surface area contributed by atoms with E-state index in [1.54, 1.807) is 0 Å². The van der Waals surface area contributed by atoms with E-state index in [0.717, 1.165) is 15.7 Å². The average molecular weight is 336 g/mol. The van der Waals surface area contributed by atoms with Gasteiger partial charge in [0.2, 0.25) is 0 Å². The van der Waals surface area contributed by atoms with Gasteiger partial charge >= 0.3 is 0 Å². The Kier molecular flexibility index (Phi) is 4.84. The van der Waals surface area contributed by atoms with E-state index in [1.165, 1.54) is 0 Å². The number of hydrogen-bond acceptors (Lipinski definition) is 2. The lowest BCUT2D eigenvalue weighted by Gasteiger charge is -2.13. The van der Waals surface area contributed by atoms with Crippen LogP contribution in [0.1, 0.15) is 11.5 Å². The van der Waals surface area contributed by atoms with Crippen molar-refractivity contribution in [3.63, 3.8) is 0 Å². The molecule has 0 aliphatic rings. The lowest BCUT2D eigenvalue weighted by molar-refractivity contribution is 0.900. The molecule has 0 aliphatic carbocycles. The minimum absolute atomic E-state index is 0.188. The van der Waals surface area contributed by atoms with Crippen molar-refractivity contribution in [1.82, 2.24) is 0 Å². The van der Waals surface area contributed by atoms with Crippen LogP contribution in [0.15, 0.2) is 53.0 Å². The predicted molar refractivity (Wildman–Crippen MR) is 82.4 cm³/mol. The number of nitrogens with zero attached hydrogens (tertiary/aromatic N) is 1. The van der Waals surface area contributed by atoms with Crippen LogP contribution in [0, 0.1) is 11.3 Å². The summed E-state index contributed by atoms with van der Waals surface area (Å²) in [6.45, 7) is 0.541. The number of nitrogens with one attached hydrogen (secondary N) is 1. The molecule has 0 amide bonds. The second-order valence-corrected chi connectivity index (χ2v) is 5.27. The van der Waals surface area contributed by atoms with Crippen LogP contribution in [-0.4, -0.2) is 6.54 Å². The van der Waals surface area contributed by atoms with Gasteiger partial charge in [0.15, 0.2) is 0 Å². The molecule has 2 aromatic rings. The lowest BCUT2D eigenvalue weighted by atomic mass is 10.0. The van der Waals surface area contributed by atoms with Gasteiger partial charge in [-0.05, 0) is 33.6 Å². The van der Waals surface area contributed by atoms with Crippen molar-refractivity contribution < 1.29 is 0 Å². The van der Waals surface area contributed by atoms with Crippen LogP contribution >= 0.6 is 27.5 Å². The van der Waals surface area contributed by atoms with E-state index in [9.17, 15) is 5.26 Å². The van der Waals surface area contributed by atoms with Crippen molar-refractivity contribution in [2.24, 2.45) is 0 Å². The molecule has 0 bridgehead atoms. The third kappa shape index (κ3) is 3.50. The Morgan fingerprint density at radius 2 is 1.89 bits per heavy atom. The normalized spacial score (nSPS) is 11.6. The number of nitriles is 1. The Morgan fingerprint density at radius 3 is 2.58 bits per heavy atom. The molecule has 1 unspecified atom stereocenters. The SMILES string of the molecule is N#CC(CNc1cccc(Cl)c1Br)c1ccccc1. The summed E-state index contributed by atoms with van der Waals surface area (Å²) in [7, 11) is 0. The highest BCUT2D eigenvalue weighted by Crippen LogP contribution is 2.30. The standard InChI is InChI=1S/C15H12BrClN2/c16-15-13(17)7-4-8-14(15)19-10-12(9-18)11-5-2-1-3-6-11/h1-8,12,19H,10H2. The van der Waals surface area contributed by atoms with E-state index in [1.807, 2.05) is 48.5 Å². The quantitative estimate of drug-likeness (QED) is 0.869. The molecule has 2 aromatic carbocycles. The zero-order valence-electron chi connectivity index (χ0n) is 10.1. The monoisotopic (exact) mass is 334 g/mol. The first kappa shape index (κ1) is 13.9. The fourth-order valence-electron chi connectivity index (χ4n) is 1.78. The molecule has 0 radical (unpaired) electrons. The zero-order chi connectivity index (χ0) is 13.7. The van der Waals surface area contributed by atoms with Gasteiger partial charge in [0, 0.05) is 12.2 Å². The summed E-state index contributed by atoms with van der Waals surface area (Å²) in [5.41, 5.74) is 1.90. The Bertz CT molecular complexity index is 593. The first-order chi connectivity index (χ1) is 9.22. The third-order valence-corrected chi connectivity index (χ3v) is 4.20. The van der Waals surface area contributed by atoms with Crippen LogP contribution in [0.4, 0.5) is 5.69 Å². The molecule has 0 heterocycles. The largest absolute Gasteiger partial charge is 0.382 e. The molecule has 0 aliphatic heterocycles. The van der Waals surface area contributed by atoms with Gasteiger partial charge in [-0.1, -0.05) is 48.0 Å². The number of benzene rings is 2. The minimum atomic E-state index is -0.188. The van der Waals surface area contributed by atoms with Gasteiger partial charge in [0.05, 0.1) is 21.5 Å². The highest BCUT2D eigenvalue weighted by Gasteiger charge is 2.11. The number of hydrogen-bond donors (Lipinski definition) is 1. The van der Waals surface area contributed by atoms with Gasteiger partial charge < -0.3 is 5.32 Å². The van der Waals surface area contributed by atoms with Crippen LogP contribution in [0.3, 0.4) is 0 Å². The van der Waals surface area contributed by atoms with Crippen LogP contribution in [0.25, 0.3) is 0 Å². The zero-order valence-corrected chi connectivity index (χ0v) is 12.4. The number of anilines is 1. The highest BCUT2D eigenvalue weighted by molar-refractivity contribution is 9.10. The summed E-state index contributed by atoms with van der Waals surface area (Å²) in [6.07, 6.45) is 0. The van der Waals surface area contributed by atoms with Crippen LogP contribution in [0.2, 0.25) is 5.02 Å². The third-order valence-electron chi connectivity index (χ3n) is 2.81. The molecular weight excluding hydrogens is 324 g/mol. The Hall–Kier alpha value is -1.50. The highest BCUT2D eigenvalue weighted by atomic mass is 79.9. The maximum atomic E-state index is 9.25. The van der Waals surface area contributed by atoms with Gasteiger partial charge in [-0.2, -0.15) is 5.26 Å². The molecule has 0 aromatic heterocycles. The molecular formula is C15H12BrClN2. The molecule has 19 heavy (non-hydrogen) atoms. The smallest absolute Gasteiger partial charge is 0.0885 e. The number of halogens is 2. The molecule has 0 spiro atoms. The van der Waals surface area contributed by atoms with E-state index in [2.05, 4.69) is 27.3 Å². The second-order valence-electron chi connectivity index (χ2n) is 4.07. The predicted octanol–water partition coefficient (Wildman–Crippen LogP) is 4.82. The van der Waals surface area contributed by atoms with E-state index >= 15 is 0 Å². The maximum Gasteiger partial charge on any atom is 0.0885 e. The molecule has 96 valence electrons. The van der Waals surface area contributed by atoms with E-state index in [-0.39, 0.29) is 5.92 Å². The summed E-state index contributed by atoms with van der Waals surface area (Å²) in [6, 6.07) is 17.7. The number of rotatable bonds is 4. The molecule has 2 nitrogen and oxygen atoms in total. The molecule has 0 saturated heterocycles. The minimum Gasteiger partial charge on any atom is -0.382 e. The van der Waals surface area contributed by atoms with E-state index in [4.69, 9.17) is 11.6 Å². The van der Waals surface area contributed by atoms with Crippen molar-refractivity contribution in [3.05, 3.63) is 63.6 Å². The van der Waals surface area contributed by atoms with Gasteiger partial charge in [0.1, 0.15) is 0 Å². The summed E-state index contributed by atoms with van der Waals surface area (Å²) in [4.78, 5) is 0. The topological polar surface area (TPSA) is 35.8 Å². The Morgan fingerprint density at radius 1 is 1.16 bits per heavy atom. The lowest BCUT2D eigenvalue weighted by Crippen LogP contribution is -2.11. The first-order valence-corrected chi connectivity index (χ1v) is 7.02. The van der Waals surface area contributed by atoms with Crippen LogP contribution < -0.4 is 5.32 Å². The summed E-state index contributed by atoms with van der Waals surface area (Å²) in [5, 5.41) is 13.2. The van der Waals surface area contributed by atoms with Gasteiger partial charge in [-0.15, -0.1) is 0 Å². The van der Waals surface area contributed by atoms with Gasteiger partial charge in [0.25, 0.3) is 0 Å². The van der Waals surface area contributed by atoms with Crippen molar-refractivity contribution in [2.45, 2.75) is 5.92 Å². The second kappa shape index (κ2) is 6.60. The molecule has 0 fully saturated rings. The molecule has 1 atom stereocenters. The van der Waals surface area contributed by atoms with Gasteiger partial charge in [-0.25, -0.2) is 0 Å². The summed E-state index contributed by atoms with van der Waals surface area (Å²) >= 11 is 9.46.